The van der Waals surface area contributed by atoms with Crippen LogP contribution in [0.1, 0.15) is 19.4 Å². The van der Waals surface area contributed by atoms with Gasteiger partial charge in [0.05, 0.1) is 19.3 Å². The first-order valence-electron chi connectivity index (χ1n) is 5.27. The van der Waals surface area contributed by atoms with Crippen molar-refractivity contribution in [1.82, 2.24) is 0 Å². The summed E-state index contributed by atoms with van der Waals surface area (Å²) in [4.78, 5) is 0. The number of hydrogen-bond acceptors (Lipinski definition) is 3. The van der Waals surface area contributed by atoms with Gasteiger partial charge in [-0.2, -0.15) is 5.26 Å². The van der Waals surface area contributed by atoms with Gasteiger partial charge in [-0.15, -0.1) is 0 Å². The van der Waals surface area contributed by atoms with Crippen molar-refractivity contribution >= 4 is 6.08 Å². The maximum atomic E-state index is 8.45. The molecule has 0 radical (unpaired) electrons. The molecule has 0 aromatic heterocycles. The Balaban J connectivity index is 2.97. The van der Waals surface area contributed by atoms with E-state index in [1.165, 1.54) is 6.08 Å². The molecule has 0 N–H and O–H groups in total. The molecule has 1 rings (SSSR count). The van der Waals surface area contributed by atoms with Crippen molar-refractivity contribution in [2.45, 2.75) is 13.8 Å². The summed E-state index contributed by atoms with van der Waals surface area (Å²) in [5, 5.41) is 8.45. The smallest absolute Gasteiger partial charge is 0.161 e. The number of nitrogens with zero attached hydrogens (tertiary/aromatic N) is 1. The number of benzene rings is 1. The molecule has 0 aliphatic heterocycles. The van der Waals surface area contributed by atoms with Crippen molar-refractivity contribution in [3.8, 4) is 17.6 Å². The molecule has 0 saturated carbocycles. The van der Waals surface area contributed by atoms with Crippen LogP contribution in [0.3, 0.4) is 0 Å². The zero-order chi connectivity index (χ0) is 11.8. The Kier molecular flexibility index (Phi) is 4.94. The van der Waals surface area contributed by atoms with Crippen LogP contribution in [0, 0.1) is 11.3 Å². The van der Waals surface area contributed by atoms with E-state index in [4.69, 9.17) is 14.7 Å². The van der Waals surface area contributed by atoms with Crippen LogP contribution in [-0.2, 0) is 0 Å². The van der Waals surface area contributed by atoms with Crippen molar-refractivity contribution in [2.75, 3.05) is 13.2 Å². The molecule has 0 spiro atoms. The lowest BCUT2D eigenvalue weighted by atomic mass is 10.2. The first-order valence-corrected chi connectivity index (χ1v) is 5.27. The second-order valence-corrected chi connectivity index (χ2v) is 3.03. The average Bonchev–Trinajstić information content (AvgIpc) is 2.30. The van der Waals surface area contributed by atoms with Crippen LogP contribution in [0.5, 0.6) is 11.5 Å². The van der Waals surface area contributed by atoms with Crippen molar-refractivity contribution < 1.29 is 9.47 Å². The number of rotatable bonds is 5. The Morgan fingerprint density at radius 2 is 1.88 bits per heavy atom. The molecular weight excluding hydrogens is 202 g/mol. The predicted octanol–water partition coefficient (Wildman–Crippen LogP) is 3.02. The Morgan fingerprint density at radius 1 is 1.19 bits per heavy atom. The van der Waals surface area contributed by atoms with Gasteiger partial charge in [0.2, 0.25) is 0 Å². The molecule has 0 unspecified atom stereocenters. The summed E-state index contributed by atoms with van der Waals surface area (Å²) in [6.45, 7) is 5.05. The molecule has 0 saturated heterocycles. The van der Waals surface area contributed by atoms with E-state index in [2.05, 4.69) is 0 Å². The molecule has 0 atom stereocenters. The minimum atomic E-state index is 0.589. The van der Waals surface area contributed by atoms with E-state index in [-0.39, 0.29) is 0 Å². The summed E-state index contributed by atoms with van der Waals surface area (Å²) in [6, 6.07) is 7.56. The van der Waals surface area contributed by atoms with Gasteiger partial charge in [-0.1, -0.05) is 6.07 Å². The Bertz CT molecular complexity index is 405. The highest BCUT2D eigenvalue weighted by Crippen LogP contribution is 2.28. The quantitative estimate of drug-likeness (QED) is 0.712. The first kappa shape index (κ1) is 12.1. The van der Waals surface area contributed by atoms with Crippen LogP contribution in [0.2, 0.25) is 0 Å². The molecule has 16 heavy (non-hydrogen) atoms. The maximum Gasteiger partial charge on any atom is 0.161 e. The fourth-order valence-corrected chi connectivity index (χ4v) is 1.30. The molecular formula is C13H15NO2. The van der Waals surface area contributed by atoms with E-state index in [1.54, 1.807) is 6.08 Å². The van der Waals surface area contributed by atoms with Crippen LogP contribution >= 0.6 is 0 Å². The monoisotopic (exact) mass is 217 g/mol. The summed E-state index contributed by atoms with van der Waals surface area (Å²) in [7, 11) is 0. The lowest BCUT2D eigenvalue weighted by molar-refractivity contribution is 0.287. The Labute approximate surface area is 95.9 Å². The SMILES string of the molecule is CCOc1ccc(C=CC#N)cc1OCC. The molecule has 1 aromatic carbocycles. The van der Waals surface area contributed by atoms with Gasteiger partial charge in [-0.3, -0.25) is 0 Å². The topological polar surface area (TPSA) is 42.2 Å². The van der Waals surface area contributed by atoms with Gasteiger partial charge in [0.15, 0.2) is 11.5 Å². The molecule has 0 bridgehead atoms. The second kappa shape index (κ2) is 6.52. The first-order chi connectivity index (χ1) is 7.81. The van der Waals surface area contributed by atoms with Crippen LogP contribution < -0.4 is 9.47 Å². The minimum absolute atomic E-state index is 0.589. The molecule has 3 nitrogen and oxygen atoms in total. The van der Waals surface area contributed by atoms with Crippen molar-refractivity contribution in [3.63, 3.8) is 0 Å². The lowest BCUT2D eigenvalue weighted by Gasteiger charge is -2.11. The summed E-state index contributed by atoms with van der Waals surface area (Å²) in [6.07, 6.45) is 3.17. The van der Waals surface area contributed by atoms with Gasteiger partial charge >= 0.3 is 0 Å². The normalized spacial score (nSPS) is 10.1. The minimum Gasteiger partial charge on any atom is -0.490 e. The zero-order valence-electron chi connectivity index (χ0n) is 9.56. The summed E-state index contributed by atoms with van der Waals surface area (Å²) in [5.41, 5.74) is 0.924. The van der Waals surface area contributed by atoms with Gasteiger partial charge in [0, 0.05) is 6.08 Å². The molecule has 3 heteroatoms. The van der Waals surface area contributed by atoms with Crippen molar-refractivity contribution in [2.24, 2.45) is 0 Å². The average molecular weight is 217 g/mol. The molecule has 84 valence electrons. The summed E-state index contributed by atoms with van der Waals surface area (Å²) in [5.74, 6) is 1.45. The lowest BCUT2D eigenvalue weighted by Crippen LogP contribution is -1.98. The fourth-order valence-electron chi connectivity index (χ4n) is 1.30. The Hall–Kier alpha value is -1.95. The molecule has 0 heterocycles. The molecule has 1 aromatic rings. The van der Waals surface area contributed by atoms with Crippen LogP contribution in [0.15, 0.2) is 24.3 Å². The highest BCUT2D eigenvalue weighted by atomic mass is 16.5. The van der Waals surface area contributed by atoms with E-state index in [0.717, 1.165) is 11.3 Å². The standard InChI is InChI=1S/C13H15NO2/c1-3-15-12-8-7-11(6-5-9-14)10-13(12)16-4-2/h5-8,10H,3-4H2,1-2H3. The number of ether oxygens (including phenoxy) is 2. The highest BCUT2D eigenvalue weighted by molar-refractivity contribution is 5.57. The van der Waals surface area contributed by atoms with Crippen LogP contribution in [0.4, 0.5) is 0 Å². The second-order valence-electron chi connectivity index (χ2n) is 3.03. The van der Waals surface area contributed by atoms with Gasteiger partial charge < -0.3 is 9.47 Å². The Morgan fingerprint density at radius 3 is 2.50 bits per heavy atom. The van der Waals surface area contributed by atoms with Crippen molar-refractivity contribution in [1.29, 1.82) is 5.26 Å². The zero-order valence-corrected chi connectivity index (χ0v) is 9.56. The van der Waals surface area contributed by atoms with Gasteiger partial charge in [0.25, 0.3) is 0 Å². The highest BCUT2D eigenvalue weighted by Gasteiger charge is 2.04. The number of allylic oxidation sites excluding steroid dienone is 1. The third-order valence-corrected chi connectivity index (χ3v) is 1.92. The molecule has 0 fully saturated rings. The maximum absolute atomic E-state index is 8.45. The summed E-state index contributed by atoms with van der Waals surface area (Å²) < 4.78 is 10.9. The summed E-state index contributed by atoms with van der Waals surface area (Å²) >= 11 is 0. The molecule has 0 amide bonds. The van der Waals surface area contributed by atoms with Crippen LogP contribution in [-0.4, -0.2) is 13.2 Å². The molecule has 0 aliphatic rings. The van der Waals surface area contributed by atoms with Gasteiger partial charge in [-0.25, -0.2) is 0 Å². The van der Waals surface area contributed by atoms with E-state index >= 15 is 0 Å². The van der Waals surface area contributed by atoms with Gasteiger partial charge in [0.1, 0.15) is 0 Å². The molecule has 0 aliphatic carbocycles. The van der Waals surface area contributed by atoms with E-state index in [0.29, 0.717) is 19.0 Å². The fraction of sp³-hybridized carbons (Fsp3) is 0.308. The largest absolute Gasteiger partial charge is 0.490 e. The van der Waals surface area contributed by atoms with Gasteiger partial charge in [-0.05, 0) is 37.6 Å². The van der Waals surface area contributed by atoms with E-state index in [1.807, 2.05) is 38.1 Å². The number of hydrogen-bond donors (Lipinski definition) is 0. The van der Waals surface area contributed by atoms with Crippen molar-refractivity contribution in [3.05, 3.63) is 29.8 Å². The number of nitriles is 1. The third-order valence-electron chi connectivity index (χ3n) is 1.92. The predicted molar refractivity (Wildman–Crippen MR) is 63.4 cm³/mol. The van der Waals surface area contributed by atoms with E-state index < -0.39 is 0 Å². The third kappa shape index (κ3) is 3.32. The van der Waals surface area contributed by atoms with E-state index in [9.17, 15) is 0 Å². The van der Waals surface area contributed by atoms with Crippen LogP contribution in [0.25, 0.3) is 6.08 Å².